The number of hydroxylamine groups is 2. The van der Waals surface area contributed by atoms with Gasteiger partial charge in [0.1, 0.15) is 0 Å². The Morgan fingerprint density at radius 1 is 1.19 bits per heavy atom. The van der Waals surface area contributed by atoms with Crippen LogP contribution in [-0.2, 0) is 11.2 Å². The number of hydrogen-bond acceptors (Lipinski definition) is 5. The minimum absolute atomic E-state index is 0.181. The van der Waals surface area contributed by atoms with Crippen LogP contribution in [0.15, 0.2) is 18.2 Å². The summed E-state index contributed by atoms with van der Waals surface area (Å²) in [5.74, 6) is 1.09. The van der Waals surface area contributed by atoms with Gasteiger partial charge < -0.3 is 9.47 Å². The third kappa shape index (κ3) is 3.65. The van der Waals surface area contributed by atoms with Crippen LogP contribution in [0, 0.1) is 0 Å². The standard InChI is InChI=1S/C15H19NO4S/c1-4-19-12-7-10-6-11(8-15(17)16(3)18)21-14(10)9-13(12)20-5-2/h6-7,9,18H,4-5,8H2,1-3H3. The first-order valence-corrected chi connectivity index (χ1v) is 7.64. The Bertz CT molecular complexity index is 593. The van der Waals surface area contributed by atoms with E-state index in [1.807, 2.05) is 32.0 Å². The minimum Gasteiger partial charge on any atom is -0.490 e. The Labute approximate surface area is 127 Å². The van der Waals surface area contributed by atoms with Crippen molar-refractivity contribution in [2.75, 3.05) is 20.3 Å². The van der Waals surface area contributed by atoms with Crippen LogP contribution >= 0.6 is 11.3 Å². The summed E-state index contributed by atoms with van der Waals surface area (Å²) in [6.07, 6.45) is 0.181. The third-order valence-corrected chi connectivity index (χ3v) is 4.02. The van der Waals surface area contributed by atoms with E-state index in [4.69, 9.17) is 14.7 Å². The molecule has 0 bridgehead atoms. The Kier molecular flexibility index (Phi) is 5.03. The maximum Gasteiger partial charge on any atom is 0.250 e. The van der Waals surface area contributed by atoms with Crippen molar-refractivity contribution in [3.05, 3.63) is 23.1 Å². The van der Waals surface area contributed by atoms with Gasteiger partial charge in [0.25, 0.3) is 5.91 Å². The Morgan fingerprint density at radius 3 is 2.38 bits per heavy atom. The molecular formula is C15H19NO4S. The summed E-state index contributed by atoms with van der Waals surface area (Å²) in [5.41, 5.74) is 0. The lowest BCUT2D eigenvalue weighted by atomic mass is 10.2. The van der Waals surface area contributed by atoms with E-state index < -0.39 is 0 Å². The number of carbonyl (C=O) groups excluding carboxylic acids is 1. The smallest absolute Gasteiger partial charge is 0.250 e. The van der Waals surface area contributed by atoms with Crippen LogP contribution in [0.25, 0.3) is 10.1 Å². The van der Waals surface area contributed by atoms with Crippen molar-refractivity contribution in [1.82, 2.24) is 5.06 Å². The maximum atomic E-state index is 11.6. The number of carbonyl (C=O) groups is 1. The molecule has 114 valence electrons. The zero-order valence-electron chi connectivity index (χ0n) is 12.4. The summed E-state index contributed by atoms with van der Waals surface area (Å²) in [6.45, 7) is 4.98. The van der Waals surface area contributed by atoms with Crippen LogP contribution in [-0.4, -0.2) is 36.4 Å². The lowest BCUT2D eigenvalue weighted by Gasteiger charge is -2.10. The molecule has 0 saturated heterocycles. The highest BCUT2D eigenvalue weighted by Crippen LogP contribution is 2.37. The van der Waals surface area contributed by atoms with E-state index in [9.17, 15) is 4.79 Å². The van der Waals surface area contributed by atoms with E-state index >= 15 is 0 Å². The van der Waals surface area contributed by atoms with Gasteiger partial charge in [-0.25, -0.2) is 5.06 Å². The highest BCUT2D eigenvalue weighted by Gasteiger charge is 2.13. The molecule has 0 radical (unpaired) electrons. The van der Waals surface area contributed by atoms with E-state index in [-0.39, 0.29) is 12.3 Å². The normalized spacial score (nSPS) is 10.7. The van der Waals surface area contributed by atoms with Crippen LogP contribution in [0.4, 0.5) is 0 Å². The number of hydrogen-bond donors (Lipinski definition) is 1. The van der Waals surface area contributed by atoms with Crippen molar-refractivity contribution in [2.45, 2.75) is 20.3 Å². The van der Waals surface area contributed by atoms with Crippen molar-refractivity contribution in [3.8, 4) is 11.5 Å². The van der Waals surface area contributed by atoms with Gasteiger partial charge in [0.15, 0.2) is 11.5 Å². The quantitative estimate of drug-likeness (QED) is 0.658. The van der Waals surface area contributed by atoms with Gasteiger partial charge in [0, 0.05) is 22.7 Å². The summed E-state index contributed by atoms with van der Waals surface area (Å²) >= 11 is 1.52. The van der Waals surface area contributed by atoms with Crippen LogP contribution in [0.1, 0.15) is 18.7 Å². The van der Waals surface area contributed by atoms with Crippen molar-refractivity contribution in [2.24, 2.45) is 0 Å². The number of thiophene rings is 1. The molecule has 21 heavy (non-hydrogen) atoms. The summed E-state index contributed by atoms with van der Waals surface area (Å²) < 4.78 is 12.2. The average Bonchev–Trinajstić information content (AvgIpc) is 2.80. The largest absolute Gasteiger partial charge is 0.490 e. The van der Waals surface area contributed by atoms with Gasteiger partial charge in [0.05, 0.1) is 19.6 Å². The van der Waals surface area contributed by atoms with Gasteiger partial charge in [-0.05, 0) is 31.4 Å². The lowest BCUT2D eigenvalue weighted by molar-refractivity contribution is -0.158. The molecule has 0 aliphatic rings. The fourth-order valence-corrected chi connectivity index (χ4v) is 3.06. The van der Waals surface area contributed by atoms with Crippen LogP contribution < -0.4 is 9.47 Å². The van der Waals surface area contributed by atoms with Crippen LogP contribution in [0.5, 0.6) is 11.5 Å². The Morgan fingerprint density at radius 2 is 1.81 bits per heavy atom. The zero-order chi connectivity index (χ0) is 15.4. The average molecular weight is 309 g/mol. The number of benzene rings is 1. The van der Waals surface area contributed by atoms with E-state index in [1.165, 1.54) is 18.4 Å². The SMILES string of the molecule is CCOc1cc2cc(CC(=O)N(C)O)sc2cc1OCC. The first-order valence-electron chi connectivity index (χ1n) is 6.82. The molecule has 1 aromatic carbocycles. The molecule has 0 aliphatic carbocycles. The maximum absolute atomic E-state index is 11.6. The molecule has 2 aromatic rings. The topological polar surface area (TPSA) is 59.0 Å². The van der Waals surface area contributed by atoms with E-state index in [0.29, 0.717) is 29.8 Å². The van der Waals surface area contributed by atoms with Gasteiger partial charge in [0.2, 0.25) is 0 Å². The Balaban J connectivity index is 2.35. The predicted molar refractivity (Wildman–Crippen MR) is 82.4 cm³/mol. The van der Waals surface area contributed by atoms with E-state index in [0.717, 1.165) is 15.0 Å². The molecule has 0 spiro atoms. The molecule has 0 atom stereocenters. The number of amides is 1. The number of ether oxygens (including phenoxy) is 2. The molecule has 5 nitrogen and oxygen atoms in total. The molecule has 0 unspecified atom stereocenters. The van der Waals surface area contributed by atoms with Crippen LogP contribution in [0.3, 0.4) is 0 Å². The van der Waals surface area contributed by atoms with Crippen LogP contribution in [0.2, 0.25) is 0 Å². The second-order valence-electron chi connectivity index (χ2n) is 4.51. The fraction of sp³-hybridized carbons (Fsp3) is 0.400. The number of rotatable bonds is 6. The first-order chi connectivity index (χ1) is 10.0. The molecule has 0 fully saturated rings. The molecule has 2 rings (SSSR count). The molecule has 1 aromatic heterocycles. The molecule has 1 N–H and O–H groups in total. The summed E-state index contributed by atoms with van der Waals surface area (Å²) in [5, 5.41) is 10.8. The highest BCUT2D eigenvalue weighted by molar-refractivity contribution is 7.19. The molecule has 0 saturated carbocycles. The molecule has 1 amide bonds. The second kappa shape index (κ2) is 6.78. The van der Waals surface area contributed by atoms with Gasteiger partial charge in [-0.15, -0.1) is 11.3 Å². The number of nitrogens with zero attached hydrogens (tertiary/aromatic N) is 1. The second-order valence-corrected chi connectivity index (χ2v) is 5.68. The molecule has 6 heteroatoms. The van der Waals surface area contributed by atoms with Crippen molar-refractivity contribution in [1.29, 1.82) is 0 Å². The van der Waals surface area contributed by atoms with E-state index in [2.05, 4.69) is 0 Å². The number of likely N-dealkylation sites (N-methyl/N-ethyl adjacent to an activating group) is 1. The Hall–Kier alpha value is -1.79. The number of fused-ring (bicyclic) bond motifs is 1. The van der Waals surface area contributed by atoms with Gasteiger partial charge in [-0.3, -0.25) is 10.0 Å². The summed E-state index contributed by atoms with van der Waals surface area (Å²) in [7, 11) is 1.33. The van der Waals surface area contributed by atoms with E-state index in [1.54, 1.807) is 0 Å². The molecular weight excluding hydrogens is 290 g/mol. The van der Waals surface area contributed by atoms with Gasteiger partial charge >= 0.3 is 0 Å². The van der Waals surface area contributed by atoms with Crippen molar-refractivity contribution < 1.29 is 19.5 Å². The fourth-order valence-electron chi connectivity index (χ4n) is 1.99. The zero-order valence-corrected chi connectivity index (χ0v) is 13.2. The summed E-state index contributed by atoms with van der Waals surface area (Å²) in [4.78, 5) is 12.5. The van der Waals surface area contributed by atoms with Crippen molar-refractivity contribution in [3.63, 3.8) is 0 Å². The molecule has 1 heterocycles. The third-order valence-electron chi connectivity index (χ3n) is 2.92. The highest BCUT2D eigenvalue weighted by atomic mass is 32.1. The minimum atomic E-state index is -0.336. The lowest BCUT2D eigenvalue weighted by Crippen LogP contribution is -2.23. The monoisotopic (exact) mass is 309 g/mol. The first kappa shape index (κ1) is 15.6. The molecule has 0 aliphatic heterocycles. The van der Waals surface area contributed by atoms with Gasteiger partial charge in [-0.1, -0.05) is 0 Å². The van der Waals surface area contributed by atoms with Gasteiger partial charge in [-0.2, -0.15) is 0 Å². The van der Waals surface area contributed by atoms with Crippen molar-refractivity contribution >= 4 is 27.3 Å². The summed E-state index contributed by atoms with van der Waals surface area (Å²) in [6, 6.07) is 5.81. The predicted octanol–water partition coefficient (Wildman–Crippen LogP) is 3.09.